The number of nitrogens with zero attached hydrogens (tertiary/aromatic N) is 3. The van der Waals surface area contributed by atoms with E-state index in [4.69, 9.17) is 4.98 Å². The zero-order chi connectivity index (χ0) is 24.0. The number of hydrogen-bond donors (Lipinski definition) is 0. The molecule has 5 aromatic rings. The van der Waals surface area contributed by atoms with Crippen molar-refractivity contribution in [2.75, 3.05) is 0 Å². The summed E-state index contributed by atoms with van der Waals surface area (Å²) in [5.74, 6) is 0.348. The maximum absolute atomic E-state index is 13.8. The molecule has 170 valence electrons. The van der Waals surface area contributed by atoms with Crippen LogP contribution in [0.1, 0.15) is 18.9 Å². The predicted molar refractivity (Wildman–Crippen MR) is 150 cm³/mol. The van der Waals surface area contributed by atoms with E-state index in [0.717, 1.165) is 30.9 Å². The van der Waals surface area contributed by atoms with E-state index >= 15 is 0 Å². The number of fused-ring (bicyclic) bond motifs is 2. The highest BCUT2D eigenvalue weighted by atomic mass is 127. The molecule has 5 nitrogen and oxygen atoms in total. The van der Waals surface area contributed by atoms with E-state index in [0.29, 0.717) is 34.5 Å². The first kappa shape index (κ1) is 23.0. The van der Waals surface area contributed by atoms with Crippen molar-refractivity contribution in [3.8, 4) is 17.1 Å². The molecule has 2 heterocycles. The lowest BCUT2D eigenvalue weighted by Crippen LogP contribution is -2.27. The summed E-state index contributed by atoms with van der Waals surface area (Å²) in [6, 6.07) is 21.0. The van der Waals surface area contributed by atoms with Gasteiger partial charge < -0.3 is 4.57 Å². The van der Waals surface area contributed by atoms with Crippen molar-refractivity contribution in [1.29, 1.82) is 0 Å². The monoisotopic (exact) mass is 625 g/mol. The molecule has 0 aliphatic rings. The van der Waals surface area contributed by atoms with Crippen LogP contribution in [0.3, 0.4) is 0 Å². The van der Waals surface area contributed by atoms with Gasteiger partial charge in [0, 0.05) is 20.0 Å². The Balaban J connectivity index is 1.95. The second-order valence-corrected chi connectivity index (χ2v) is 10.5. The number of pyridine rings is 1. The third-order valence-corrected chi connectivity index (χ3v) is 7.00. The Morgan fingerprint density at radius 1 is 0.971 bits per heavy atom. The van der Waals surface area contributed by atoms with Crippen LogP contribution in [0, 0.1) is 10.5 Å². The molecule has 0 spiro atoms. The van der Waals surface area contributed by atoms with Crippen molar-refractivity contribution in [3.05, 3.63) is 101 Å². The molecule has 0 aliphatic carbocycles. The molecule has 0 unspecified atom stereocenters. The van der Waals surface area contributed by atoms with E-state index < -0.39 is 0 Å². The van der Waals surface area contributed by atoms with Crippen LogP contribution >= 0.6 is 38.5 Å². The first-order chi connectivity index (χ1) is 16.4. The lowest BCUT2D eigenvalue weighted by Gasteiger charge is -2.17. The van der Waals surface area contributed by atoms with Gasteiger partial charge in [-0.25, -0.2) is 4.98 Å². The van der Waals surface area contributed by atoms with Crippen LogP contribution in [0.15, 0.2) is 80.8 Å². The number of hydrogen-bond acceptors (Lipinski definition) is 3. The van der Waals surface area contributed by atoms with Gasteiger partial charge in [0.15, 0.2) is 5.82 Å². The largest absolute Gasteiger partial charge is 0.308 e. The lowest BCUT2D eigenvalue weighted by atomic mass is 10.1. The standard InChI is InChI=1S/C27H21BrIN3O2/c1-3-11-31-24-10-7-18(28)13-17(24)14-22(26(31)33)25-30-23-9-8-19(29)15-21(23)27(34)32(25)20-6-4-5-16(2)12-20/h4-10,12-15H,3,11H2,1-2H3. The molecular formula is C27H21BrIN3O2. The number of rotatable bonds is 4. The summed E-state index contributed by atoms with van der Waals surface area (Å²) >= 11 is 5.74. The molecule has 5 rings (SSSR count). The summed E-state index contributed by atoms with van der Waals surface area (Å²) < 4.78 is 5.22. The normalized spacial score (nSPS) is 11.4. The Hall–Kier alpha value is -2.78. The first-order valence-electron chi connectivity index (χ1n) is 11.0. The summed E-state index contributed by atoms with van der Waals surface area (Å²) in [6.07, 6.45) is 0.808. The second-order valence-electron chi connectivity index (χ2n) is 8.29. The minimum absolute atomic E-state index is 0.158. The smallest absolute Gasteiger partial charge is 0.266 e. The van der Waals surface area contributed by atoms with E-state index in [-0.39, 0.29) is 11.1 Å². The van der Waals surface area contributed by atoms with E-state index in [1.807, 2.05) is 80.6 Å². The Morgan fingerprint density at radius 3 is 2.56 bits per heavy atom. The van der Waals surface area contributed by atoms with Gasteiger partial charge in [-0.2, -0.15) is 0 Å². The van der Waals surface area contributed by atoms with Crippen LogP contribution in [-0.2, 0) is 6.54 Å². The molecule has 0 bridgehead atoms. The Morgan fingerprint density at radius 2 is 1.79 bits per heavy atom. The third-order valence-electron chi connectivity index (χ3n) is 5.83. The molecule has 0 N–H and O–H groups in total. The maximum Gasteiger partial charge on any atom is 0.266 e. The molecule has 0 aliphatic heterocycles. The molecule has 34 heavy (non-hydrogen) atoms. The zero-order valence-electron chi connectivity index (χ0n) is 18.7. The minimum Gasteiger partial charge on any atom is -0.308 e. The quantitative estimate of drug-likeness (QED) is 0.216. The van der Waals surface area contributed by atoms with Gasteiger partial charge in [0.05, 0.1) is 27.7 Å². The van der Waals surface area contributed by atoms with Gasteiger partial charge in [0.25, 0.3) is 11.1 Å². The van der Waals surface area contributed by atoms with Crippen LogP contribution < -0.4 is 11.1 Å². The fraction of sp³-hybridized carbons (Fsp3) is 0.148. The molecule has 3 aromatic carbocycles. The lowest BCUT2D eigenvalue weighted by molar-refractivity contribution is 0.678. The highest BCUT2D eigenvalue weighted by Gasteiger charge is 2.20. The molecule has 0 atom stereocenters. The average Bonchev–Trinajstić information content (AvgIpc) is 2.81. The SMILES string of the molecule is CCCn1c(=O)c(-c2nc3ccc(I)cc3c(=O)n2-c2cccc(C)c2)cc2cc(Br)ccc21. The van der Waals surface area contributed by atoms with E-state index in [2.05, 4.69) is 38.5 Å². The van der Waals surface area contributed by atoms with Gasteiger partial charge in [0.2, 0.25) is 0 Å². The van der Waals surface area contributed by atoms with E-state index in [9.17, 15) is 9.59 Å². The summed E-state index contributed by atoms with van der Waals surface area (Å²) in [5, 5.41) is 1.43. The van der Waals surface area contributed by atoms with Crippen molar-refractivity contribution >= 4 is 60.3 Å². The Labute approximate surface area is 218 Å². The van der Waals surface area contributed by atoms with Gasteiger partial charge in [-0.05, 0) is 96.1 Å². The molecule has 0 amide bonds. The zero-order valence-corrected chi connectivity index (χ0v) is 22.4. The van der Waals surface area contributed by atoms with E-state index in [1.165, 1.54) is 0 Å². The highest BCUT2D eigenvalue weighted by Crippen LogP contribution is 2.26. The fourth-order valence-corrected chi connectivity index (χ4v) is 5.18. The molecular weight excluding hydrogens is 605 g/mol. The molecule has 0 fully saturated rings. The van der Waals surface area contributed by atoms with Crippen LogP contribution in [0.5, 0.6) is 0 Å². The summed E-state index contributed by atoms with van der Waals surface area (Å²) in [6.45, 7) is 4.60. The van der Waals surface area contributed by atoms with Gasteiger partial charge in [-0.3, -0.25) is 14.2 Å². The topological polar surface area (TPSA) is 56.9 Å². The first-order valence-corrected chi connectivity index (χ1v) is 12.9. The third kappa shape index (κ3) is 4.01. The van der Waals surface area contributed by atoms with Crippen LogP contribution in [0.4, 0.5) is 0 Å². The van der Waals surface area contributed by atoms with Gasteiger partial charge in [0.1, 0.15) is 0 Å². The maximum atomic E-state index is 13.8. The number of benzene rings is 3. The Kier molecular flexibility index (Phi) is 6.16. The predicted octanol–water partition coefficient (Wildman–Crippen LogP) is 6.45. The average molecular weight is 626 g/mol. The van der Waals surface area contributed by atoms with Crippen molar-refractivity contribution in [2.45, 2.75) is 26.8 Å². The van der Waals surface area contributed by atoms with Gasteiger partial charge >= 0.3 is 0 Å². The highest BCUT2D eigenvalue weighted by molar-refractivity contribution is 14.1. The van der Waals surface area contributed by atoms with Crippen LogP contribution in [0.2, 0.25) is 0 Å². The van der Waals surface area contributed by atoms with Crippen molar-refractivity contribution < 1.29 is 0 Å². The van der Waals surface area contributed by atoms with E-state index in [1.54, 1.807) is 9.13 Å². The van der Waals surface area contributed by atoms with Crippen molar-refractivity contribution in [1.82, 2.24) is 14.1 Å². The molecule has 0 saturated heterocycles. The summed E-state index contributed by atoms with van der Waals surface area (Å²) in [5.41, 5.74) is 3.18. The molecule has 0 radical (unpaired) electrons. The second kappa shape index (κ2) is 9.11. The summed E-state index contributed by atoms with van der Waals surface area (Å²) in [4.78, 5) is 32.5. The summed E-state index contributed by atoms with van der Waals surface area (Å²) in [7, 11) is 0. The molecule has 2 aromatic heterocycles. The molecule has 0 saturated carbocycles. The number of aryl methyl sites for hydroxylation is 2. The van der Waals surface area contributed by atoms with Crippen molar-refractivity contribution in [2.24, 2.45) is 0 Å². The Bertz CT molecular complexity index is 1710. The van der Waals surface area contributed by atoms with Crippen LogP contribution in [-0.4, -0.2) is 14.1 Å². The van der Waals surface area contributed by atoms with Gasteiger partial charge in [-0.1, -0.05) is 35.0 Å². The van der Waals surface area contributed by atoms with Crippen molar-refractivity contribution in [3.63, 3.8) is 0 Å². The van der Waals surface area contributed by atoms with Gasteiger partial charge in [-0.15, -0.1) is 0 Å². The molecule has 7 heteroatoms. The minimum atomic E-state index is -0.195. The fourth-order valence-electron chi connectivity index (χ4n) is 4.31. The number of aromatic nitrogens is 3. The van der Waals surface area contributed by atoms with Crippen LogP contribution in [0.25, 0.3) is 38.9 Å². The number of halogens is 2.